The van der Waals surface area contributed by atoms with Crippen LogP contribution in [0.15, 0.2) is 91.1 Å². The molecule has 8 nitrogen and oxygen atoms in total. The molecule has 0 aliphatic rings. The van der Waals surface area contributed by atoms with E-state index in [0.717, 1.165) is 21.3 Å². The number of benzene rings is 3. The molecule has 1 aromatic heterocycles. The van der Waals surface area contributed by atoms with Crippen LogP contribution in [-0.2, 0) is 30.0 Å². The number of aromatic nitrogens is 1. The fourth-order valence-electron chi connectivity index (χ4n) is 5.75. The Morgan fingerprint density at radius 2 is 1.31 bits per heavy atom. The Hall–Kier alpha value is -4.42. The highest BCUT2D eigenvalue weighted by Crippen LogP contribution is 2.37. The van der Waals surface area contributed by atoms with Gasteiger partial charge in [-0.1, -0.05) is 99.6 Å². The van der Waals surface area contributed by atoms with Gasteiger partial charge in [-0.2, -0.15) is 13.2 Å². The van der Waals surface area contributed by atoms with Crippen molar-refractivity contribution < 1.29 is 36.7 Å². The van der Waals surface area contributed by atoms with Gasteiger partial charge in [0.25, 0.3) is 8.32 Å². The van der Waals surface area contributed by atoms with Crippen LogP contribution in [0.1, 0.15) is 47.1 Å². The van der Waals surface area contributed by atoms with E-state index in [1.807, 2.05) is 111 Å². The number of ether oxygens (including phenoxy) is 1. The summed E-state index contributed by atoms with van der Waals surface area (Å²) in [5, 5.41) is 6.30. The van der Waals surface area contributed by atoms with Crippen LogP contribution in [0.2, 0.25) is 5.04 Å². The summed E-state index contributed by atoms with van der Waals surface area (Å²) in [4.78, 5) is 42.8. The maximum absolute atomic E-state index is 13.9. The molecule has 0 aliphatic heterocycles. The van der Waals surface area contributed by atoms with Gasteiger partial charge in [-0.3, -0.25) is 9.59 Å². The predicted octanol–water partition coefficient (Wildman–Crippen LogP) is 5.16. The van der Waals surface area contributed by atoms with E-state index in [1.165, 1.54) is 0 Å². The number of H-pyrrole nitrogens is 1. The minimum absolute atomic E-state index is 0.0276. The second kappa shape index (κ2) is 14.4. The molecule has 0 saturated heterocycles. The van der Waals surface area contributed by atoms with Crippen molar-refractivity contribution in [1.29, 1.82) is 0 Å². The molecule has 0 aliphatic carbocycles. The molecular weight excluding hydrogens is 639 g/mol. The van der Waals surface area contributed by atoms with Crippen LogP contribution in [0.4, 0.5) is 13.2 Å². The summed E-state index contributed by atoms with van der Waals surface area (Å²) >= 11 is 0. The summed E-state index contributed by atoms with van der Waals surface area (Å²) in [6, 6.07) is 22.9. The average molecular weight is 682 g/mol. The second-order valence-electron chi connectivity index (χ2n) is 13.7. The van der Waals surface area contributed by atoms with Gasteiger partial charge in [0.1, 0.15) is 17.7 Å². The molecule has 0 saturated carbocycles. The van der Waals surface area contributed by atoms with E-state index in [-0.39, 0.29) is 6.42 Å². The highest BCUT2D eigenvalue weighted by atomic mass is 28.4. The fraction of sp³-hybridized carbons (Fsp3) is 0.361. The number of para-hydroxylation sites is 1. The van der Waals surface area contributed by atoms with Gasteiger partial charge in [-0.25, -0.2) is 4.79 Å². The van der Waals surface area contributed by atoms with Gasteiger partial charge in [-0.15, -0.1) is 0 Å². The molecule has 3 aromatic carbocycles. The fourth-order valence-corrected chi connectivity index (χ4v) is 10.3. The molecule has 12 heteroatoms. The van der Waals surface area contributed by atoms with Crippen molar-refractivity contribution in [2.75, 3.05) is 6.61 Å². The lowest BCUT2D eigenvalue weighted by atomic mass is 10.0. The molecule has 0 radical (unpaired) electrons. The molecule has 4 aromatic rings. The highest BCUT2D eigenvalue weighted by molar-refractivity contribution is 6.99. The molecule has 0 spiro atoms. The number of nitrogens with one attached hydrogen (secondary N) is 3. The Balaban J connectivity index is 1.73. The van der Waals surface area contributed by atoms with Gasteiger partial charge in [0.05, 0.1) is 6.61 Å². The molecular formula is C36H42F3N3O5Si. The number of hydrogen-bond acceptors (Lipinski definition) is 5. The third kappa shape index (κ3) is 8.53. The number of carbonyl (C=O) groups excluding carboxylic acids is 3. The lowest BCUT2D eigenvalue weighted by molar-refractivity contribution is -0.175. The van der Waals surface area contributed by atoms with Crippen molar-refractivity contribution in [1.82, 2.24) is 15.6 Å². The van der Waals surface area contributed by atoms with Crippen molar-refractivity contribution in [3.05, 3.63) is 96.7 Å². The van der Waals surface area contributed by atoms with Crippen molar-refractivity contribution in [2.45, 2.75) is 76.9 Å². The van der Waals surface area contributed by atoms with E-state index < -0.39 is 61.6 Å². The smallest absolute Gasteiger partial charge is 0.458 e. The van der Waals surface area contributed by atoms with Crippen molar-refractivity contribution in [3.8, 4) is 0 Å². The lowest BCUT2D eigenvalue weighted by Crippen LogP contribution is -2.68. The number of carbonyl (C=O) groups is 3. The predicted molar refractivity (Wildman–Crippen MR) is 181 cm³/mol. The maximum atomic E-state index is 13.9. The normalized spacial score (nSPS) is 13.9. The van der Waals surface area contributed by atoms with Crippen LogP contribution in [-0.4, -0.2) is 61.6 Å². The van der Waals surface area contributed by atoms with Crippen LogP contribution >= 0.6 is 0 Å². The zero-order valence-corrected chi connectivity index (χ0v) is 28.9. The average Bonchev–Trinajstić information content (AvgIpc) is 3.42. The van der Waals surface area contributed by atoms with Gasteiger partial charge in [0.15, 0.2) is 0 Å². The zero-order chi connectivity index (χ0) is 35.3. The van der Waals surface area contributed by atoms with E-state index in [0.29, 0.717) is 5.56 Å². The number of hydrogen-bond donors (Lipinski definition) is 3. The van der Waals surface area contributed by atoms with Crippen molar-refractivity contribution >= 4 is 47.4 Å². The summed E-state index contributed by atoms with van der Waals surface area (Å²) in [5.41, 5.74) is 0.563. The summed E-state index contributed by atoms with van der Waals surface area (Å²) < 4.78 is 53.1. The van der Waals surface area contributed by atoms with Crippen LogP contribution in [0.25, 0.3) is 10.9 Å². The van der Waals surface area contributed by atoms with E-state index in [4.69, 9.17) is 9.16 Å². The van der Waals surface area contributed by atoms with Crippen LogP contribution in [0.3, 0.4) is 0 Å². The van der Waals surface area contributed by atoms with E-state index in [2.05, 4.69) is 10.3 Å². The molecule has 4 rings (SSSR count). The first kappa shape index (κ1) is 36.4. The minimum atomic E-state index is -5.27. The second-order valence-corrected chi connectivity index (χ2v) is 18.0. The zero-order valence-electron chi connectivity index (χ0n) is 27.9. The third-order valence-electron chi connectivity index (χ3n) is 7.87. The Kier molecular flexibility index (Phi) is 10.9. The molecule has 48 heavy (non-hydrogen) atoms. The first-order valence-electron chi connectivity index (χ1n) is 15.6. The topological polar surface area (TPSA) is 110 Å². The van der Waals surface area contributed by atoms with E-state index in [9.17, 15) is 27.6 Å². The number of halogens is 3. The number of amides is 2. The Labute approximate surface area is 279 Å². The lowest BCUT2D eigenvalue weighted by Gasteiger charge is -2.43. The maximum Gasteiger partial charge on any atom is 0.471 e. The van der Waals surface area contributed by atoms with E-state index in [1.54, 1.807) is 27.0 Å². The van der Waals surface area contributed by atoms with Gasteiger partial charge >= 0.3 is 18.1 Å². The summed E-state index contributed by atoms with van der Waals surface area (Å²) in [7, 11) is -3.34. The molecule has 1 heterocycles. The minimum Gasteiger partial charge on any atom is -0.458 e. The van der Waals surface area contributed by atoms with Crippen molar-refractivity contribution in [3.63, 3.8) is 0 Å². The molecule has 2 amide bonds. The summed E-state index contributed by atoms with van der Waals surface area (Å²) in [6.45, 7) is 10.3. The van der Waals surface area contributed by atoms with E-state index >= 15 is 0 Å². The summed E-state index contributed by atoms with van der Waals surface area (Å²) in [5.74, 6) is -4.12. The number of fused-ring (bicyclic) bond motifs is 1. The summed E-state index contributed by atoms with van der Waals surface area (Å²) in [6.07, 6.45) is -3.60. The number of alkyl halides is 3. The molecule has 256 valence electrons. The Morgan fingerprint density at radius 3 is 1.83 bits per heavy atom. The molecule has 1 unspecified atom stereocenters. The monoisotopic (exact) mass is 681 g/mol. The standard InChI is InChI=1S/C36H42F3N3O5Si/c1-34(2,3)47-32(44)29(21-24-22-40-28-20-14-13-19-27(24)28)41-31(43)30(42-33(45)36(37,38)39)23-46-48(35(4,5)6,25-15-9-7-10-16-25)26-17-11-8-12-18-26/h7-20,22,29-30,40H,21,23H2,1-6H3,(H,41,43)(H,42,45)/t29?,30-/m0/s1. The largest absolute Gasteiger partial charge is 0.471 e. The molecule has 2 atom stereocenters. The number of rotatable bonds is 11. The molecule has 0 bridgehead atoms. The molecule has 3 N–H and O–H groups in total. The van der Waals surface area contributed by atoms with Gasteiger partial charge < -0.3 is 24.8 Å². The third-order valence-corrected chi connectivity index (χ3v) is 12.9. The van der Waals surface area contributed by atoms with Crippen LogP contribution < -0.4 is 21.0 Å². The number of aromatic amines is 1. The van der Waals surface area contributed by atoms with Crippen LogP contribution in [0, 0.1) is 0 Å². The first-order valence-corrected chi connectivity index (χ1v) is 17.5. The quantitative estimate of drug-likeness (QED) is 0.150. The SMILES string of the molecule is CC(C)(C)OC(=O)C(Cc1c[nH]c2ccccc12)NC(=O)[C@H](CO[Si](c1ccccc1)(c1ccccc1)C(C)(C)C)NC(=O)C(F)(F)F. The Morgan fingerprint density at radius 1 is 0.771 bits per heavy atom. The first-order chi connectivity index (χ1) is 22.4. The van der Waals surface area contributed by atoms with Gasteiger partial charge in [-0.05, 0) is 47.8 Å². The van der Waals surface area contributed by atoms with Gasteiger partial charge in [0, 0.05) is 23.5 Å². The van der Waals surface area contributed by atoms with Crippen molar-refractivity contribution in [2.24, 2.45) is 0 Å². The number of esters is 1. The van der Waals surface area contributed by atoms with Gasteiger partial charge in [0.2, 0.25) is 5.91 Å². The van der Waals surface area contributed by atoms with Crippen LogP contribution in [0.5, 0.6) is 0 Å². The Bertz CT molecular complexity index is 1670. The highest BCUT2D eigenvalue weighted by Gasteiger charge is 2.51. The molecule has 0 fully saturated rings.